The number of nitrogens with zero attached hydrogens (tertiary/aromatic N) is 2. The molecule has 2 aromatic heterocycles. The van der Waals surface area contributed by atoms with E-state index in [0.29, 0.717) is 31.0 Å². The number of hydrogen-bond acceptors (Lipinski definition) is 4. The van der Waals surface area contributed by atoms with Crippen molar-refractivity contribution in [3.05, 3.63) is 35.9 Å². The number of rotatable bonds is 5. The first kappa shape index (κ1) is 14.3. The van der Waals surface area contributed by atoms with E-state index in [2.05, 4.69) is 14.9 Å². The minimum Gasteiger partial charge on any atom is -0.370 e. The van der Waals surface area contributed by atoms with Crippen LogP contribution in [-0.2, 0) is 6.54 Å². The van der Waals surface area contributed by atoms with E-state index in [9.17, 15) is 4.79 Å². The van der Waals surface area contributed by atoms with Gasteiger partial charge in [0.25, 0.3) is 5.91 Å². The van der Waals surface area contributed by atoms with Gasteiger partial charge in [0.15, 0.2) is 0 Å². The molecule has 2 heterocycles. The zero-order valence-electron chi connectivity index (χ0n) is 12.5. The van der Waals surface area contributed by atoms with Crippen molar-refractivity contribution in [1.82, 2.24) is 9.55 Å². The van der Waals surface area contributed by atoms with Gasteiger partial charge in [0.05, 0.1) is 11.1 Å². The van der Waals surface area contributed by atoms with Crippen LogP contribution in [0.25, 0.3) is 21.9 Å². The molecule has 6 heteroatoms. The second-order valence-corrected chi connectivity index (χ2v) is 5.11. The van der Waals surface area contributed by atoms with Crippen molar-refractivity contribution in [1.29, 1.82) is 0 Å². The normalized spacial score (nSPS) is 11.2. The van der Waals surface area contributed by atoms with Crippen LogP contribution in [0.2, 0.25) is 0 Å². The molecule has 0 saturated carbocycles. The van der Waals surface area contributed by atoms with Crippen LogP contribution in [0.15, 0.2) is 30.3 Å². The van der Waals surface area contributed by atoms with Crippen LogP contribution in [0.3, 0.4) is 0 Å². The molecule has 0 aliphatic rings. The van der Waals surface area contributed by atoms with Crippen LogP contribution in [0, 0.1) is 0 Å². The summed E-state index contributed by atoms with van der Waals surface area (Å²) in [5.41, 5.74) is 13.5. The summed E-state index contributed by atoms with van der Waals surface area (Å²) in [6, 6.07) is 9.82. The molecule has 3 aromatic rings. The van der Waals surface area contributed by atoms with E-state index < -0.39 is 5.91 Å². The van der Waals surface area contributed by atoms with Crippen molar-refractivity contribution < 1.29 is 4.79 Å². The van der Waals surface area contributed by atoms with E-state index in [0.717, 1.165) is 21.9 Å². The molecular weight excluding hydrogens is 278 g/mol. The van der Waals surface area contributed by atoms with Gasteiger partial charge in [-0.25, -0.2) is 4.98 Å². The first-order valence-electron chi connectivity index (χ1n) is 7.33. The number of benzene rings is 1. The molecule has 3 rings (SSSR count). The maximum absolute atomic E-state index is 11.7. The van der Waals surface area contributed by atoms with E-state index in [-0.39, 0.29) is 0 Å². The highest BCUT2D eigenvalue weighted by Crippen LogP contribution is 2.30. The Morgan fingerprint density at radius 1 is 1.32 bits per heavy atom. The molecule has 114 valence electrons. The topological polar surface area (TPSA) is 99.0 Å². The summed E-state index contributed by atoms with van der Waals surface area (Å²) in [5, 5.41) is 5.07. The minimum absolute atomic E-state index is 0.407. The first-order valence-corrected chi connectivity index (χ1v) is 7.33. The largest absolute Gasteiger partial charge is 0.370 e. The molecule has 1 amide bonds. The Kier molecular flexibility index (Phi) is 3.68. The number of hydrogen-bond donors (Lipinski definition) is 3. The SMILES string of the molecule is CCNc1nc2c(cc1C(N)=O)c1ccccc1n2CCN. The van der Waals surface area contributed by atoms with Crippen molar-refractivity contribution in [2.45, 2.75) is 13.5 Å². The van der Waals surface area contributed by atoms with Gasteiger partial charge in [-0.2, -0.15) is 0 Å². The monoisotopic (exact) mass is 297 g/mol. The van der Waals surface area contributed by atoms with E-state index in [1.54, 1.807) is 0 Å². The molecule has 0 bridgehead atoms. The van der Waals surface area contributed by atoms with Crippen molar-refractivity contribution in [3.8, 4) is 0 Å². The van der Waals surface area contributed by atoms with Crippen LogP contribution in [0.4, 0.5) is 5.82 Å². The molecule has 0 saturated heterocycles. The molecule has 22 heavy (non-hydrogen) atoms. The molecule has 5 N–H and O–H groups in total. The Morgan fingerprint density at radius 2 is 2.09 bits per heavy atom. The minimum atomic E-state index is -0.485. The van der Waals surface area contributed by atoms with Gasteiger partial charge >= 0.3 is 0 Å². The molecular formula is C16H19N5O. The second-order valence-electron chi connectivity index (χ2n) is 5.11. The maximum Gasteiger partial charge on any atom is 0.252 e. The molecule has 0 aliphatic carbocycles. The lowest BCUT2D eigenvalue weighted by Crippen LogP contribution is -2.16. The van der Waals surface area contributed by atoms with Crippen LogP contribution in [0.1, 0.15) is 17.3 Å². The van der Waals surface area contributed by atoms with Gasteiger partial charge in [0.2, 0.25) is 0 Å². The van der Waals surface area contributed by atoms with Crippen molar-refractivity contribution in [2.24, 2.45) is 11.5 Å². The smallest absolute Gasteiger partial charge is 0.252 e. The number of para-hydroxylation sites is 1. The van der Waals surface area contributed by atoms with Crippen molar-refractivity contribution >= 4 is 33.7 Å². The molecule has 0 unspecified atom stereocenters. The number of carbonyl (C=O) groups excluding carboxylic acids is 1. The van der Waals surface area contributed by atoms with Crippen LogP contribution < -0.4 is 16.8 Å². The van der Waals surface area contributed by atoms with Gasteiger partial charge in [0.1, 0.15) is 11.5 Å². The number of primary amides is 1. The average Bonchev–Trinajstić information content (AvgIpc) is 2.81. The summed E-state index contributed by atoms with van der Waals surface area (Å²) >= 11 is 0. The fraction of sp³-hybridized carbons (Fsp3) is 0.250. The Morgan fingerprint density at radius 3 is 2.77 bits per heavy atom. The highest BCUT2D eigenvalue weighted by molar-refractivity contribution is 6.10. The van der Waals surface area contributed by atoms with Gasteiger partial charge in [-0.1, -0.05) is 18.2 Å². The molecule has 0 spiro atoms. The zero-order valence-corrected chi connectivity index (χ0v) is 12.5. The van der Waals surface area contributed by atoms with E-state index in [4.69, 9.17) is 11.5 Å². The van der Waals surface area contributed by atoms with Crippen LogP contribution in [0.5, 0.6) is 0 Å². The summed E-state index contributed by atoms with van der Waals surface area (Å²) in [6.07, 6.45) is 0. The molecule has 0 aliphatic heterocycles. The fourth-order valence-corrected chi connectivity index (χ4v) is 2.80. The summed E-state index contributed by atoms with van der Waals surface area (Å²) < 4.78 is 2.08. The Labute approximate surface area is 128 Å². The van der Waals surface area contributed by atoms with Crippen molar-refractivity contribution in [3.63, 3.8) is 0 Å². The van der Waals surface area contributed by atoms with Gasteiger partial charge in [-0.15, -0.1) is 0 Å². The lowest BCUT2D eigenvalue weighted by molar-refractivity contribution is 0.100. The van der Waals surface area contributed by atoms with E-state index in [1.165, 1.54) is 0 Å². The lowest BCUT2D eigenvalue weighted by atomic mass is 10.1. The third kappa shape index (κ3) is 2.17. The number of nitrogens with one attached hydrogen (secondary N) is 1. The molecule has 6 nitrogen and oxygen atoms in total. The predicted octanol–water partition coefficient (Wildman–Crippen LogP) is 1.68. The van der Waals surface area contributed by atoms with Crippen molar-refractivity contribution in [2.75, 3.05) is 18.4 Å². The highest BCUT2D eigenvalue weighted by Gasteiger charge is 2.17. The van der Waals surface area contributed by atoms with Gasteiger partial charge in [-0.05, 0) is 19.1 Å². The standard InChI is InChI=1S/C16H19N5O/c1-2-19-15-12(14(18)22)9-11-10-5-3-4-6-13(10)21(8-7-17)16(11)20-15/h3-6,9H,2,7-8,17H2,1H3,(H2,18,22)(H,19,20). The maximum atomic E-state index is 11.7. The summed E-state index contributed by atoms with van der Waals surface area (Å²) in [7, 11) is 0. The predicted molar refractivity (Wildman–Crippen MR) is 89.0 cm³/mol. The number of anilines is 1. The van der Waals surface area contributed by atoms with Gasteiger partial charge in [-0.3, -0.25) is 4.79 Å². The van der Waals surface area contributed by atoms with Gasteiger partial charge < -0.3 is 21.4 Å². The first-order chi connectivity index (χ1) is 10.7. The molecule has 1 aromatic carbocycles. The third-order valence-corrected chi connectivity index (χ3v) is 3.71. The fourth-order valence-electron chi connectivity index (χ4n) is 2.80. The number of fused-ring (bicyclic) bond motifs is 3. The highest BCUT2D eigenvalue weighted by atomic mass is 16.1. The zero-order chi connectivity index (χ0) is 15.7. The number of nitrogens with two attached hydrogens (primary N) is 2. The number of carbonyl (C=O) groups is 1. The molecule has 0 radical (unpaired) electrons. The van der Waals surface area contributed by atoms with E-state index >= 15 is 0 Å². The number of pyridine rings is 1. The number of aromatic nitrogens is 2. The third-order valence-electron chi connectivity index (χ3n) is 3.71. The Bertz CT molecular complexity index is 852. The quantitative estimate of drug-likeness (QED) is 0.667. The lowest BCUT2D eigenvalue weighted by Gasteiger charge is -2.09. The average molecular weight is 297 g/mol. The summed E-state index contributed by atoms with van der Waals surface area (Å²) in [4.78, 5) is 16.4. The van der Waals surface area contributed by atoms with Gasteiger partial charge in [0, 0.05) is 30.4 Å². The van der Waals surface area contributed by atoms with Crippen LogP contribution in [-0.4, -0.2) is 28.5 Å². The van der Waals surface area contributed by atoms with Crippen LogP contribution >= 0.6 is 0 Å². The summed E-state index contributed by atoms with van der Waals surface area (Å²) in [6.45, 7) is 3.80. The summed E-state index contributed by atoms with van der Waals surface area (Å²) in [5.74, 6) is 0.0320. The number of amides is 1. The Balaban J connectivity index is 2.40. The Hall–Kier alpha value is -2.60. The second kappa shape index (κ2) is 5.65. The molecule has 0 fully saturated rings. The van der Waals surface area contributed by atoms with E-state index in [1.807, 2.05) is 37.3 Å². The molecule has 0 atom stereocenters.